The van der Waals surface area contributed by atoms with Crippen LogP contribution < -0.4 is 10.3 Å². The quantitative estimate of drug-likeness (QED) is 0.305. The summed E-state index contributed by atoms with van der Waals surface area (Å²) in [6.45, 7) is 4.14. The van der Waals surface area contributed by atoms with E-state index in [4.69, 9.17) is 9.72 Å². The molecular formula is C24H23N5O2S2. The summed E-state index contributed by atoms with van der Waals surface area (Å²) in [5.41, 5.74) is 3.31. The lowest BCUT2D eigenvalue weighted by atomic mass is 10.2. The second kappa shape index (κ2) is 8.99. The highest BCUT2D eigenvalue weighted by Gasteiger charge is 2.20. The molecule has 7 nitrogen and oxygen atoms in total. The molecule has 3 heterocycles. The molecule has 33 heavy (non-hydrogen) atoms. The molecule has 0 N–H and O–H groups in total. The first kappa shape index (κ1) is 21.7. The average molecular weight is 478 g/mol. The van der Waals surface area contributed by atoms with E-state index in [-0.39, 0.29) is 5.56 Å². The van der Waals surface area contributed by atoms with E-state index >= 15 is 0 Å². The predicted octanol–water partition coefficient (Wildman–Crippen LogP) is 5.05. The third-order valence-corrected chi connectivity index (χ3v) is 7.30. The van der Waals surface area contributed by atoms with E-state index in [1.807, 2.05) is 53.8 Å². The number of ether oxygens (including phenoxy) is 1. The number of hydrogen-bond donors (Lipinski definition) is 0. The van der Waals surface area contributed by atoms with Gasteiger partial charge in [0.1, 0.15) is 5.75 Å². The maximum absolute atomic E-state index is 13.6. The third kappa shape index (κ3) is 3.91. The van der Waals surface area contributed by atoms with Crippen molar-refractivity contribution in [1.82, 2.24) is 24.1 Å². The van der Waals surface area contributed by atoms with E-state index in [9.17, 15) is 4.79 Å². The molecule has 0 spiro atoms. The topological polar surface area (TPSA) is 74.3 Å². The predicted molar refractivity (Wildman–Crippen MR) is 133 cm³/mol. The van der Waals surface area contributed by atoms with Crippen molar-refractivity contribution in [2.24, 2.45) is 0 Å². The first-order valence-electron chi connectivity index (χ1n) is 10.7. The maximum Gasteiger partial charge on any atom is 0.267 e. The Morgan fingerprint density at radius 3 is 2.82 bits per heavy atom. The van der Waals surface area contributed by atoms with Crippen LogP contribution in [0.25, 0.3) is 22.4 Å². The van der Waals surface area contributed by atoms with Crippen molar-refractivity contribution in [2.45, 2.75) is 37.6 Å². The molecule has 0 saturated carbocycles. The standard InChI is InChI=1S/C24H23N5O2S2/c1-4-7-21-25-16(13-32-21)14-33-24-27-26-23-28(19-12-15(2)10-11-20(19)31-3)22(30)17-8-5-6-9-18(17)29(23)24/h5-6,8-13H,4,7,14H2,1-3H3. The van der Waals surface area contributed by atoms with Crippen molar-refractivity contribution < 1.29 is 4.74 Å². The van der Waals surface area contributed by atoms with Crippen LogP contribution in [0.4, 0.5) is 0 Å². The number of hydrogen-bond acceptors (Lipinski definition) is 7. The molecule has 5 rings (SSSR count). The molecule has 0 aliphatic heterocycles. The average Bonchev–Trinajstić information content (AvgIpc) is 3.45. The molecule has 168 valence electrons. The second-order valence-corrected chi connectivity index (χ2v) is 9.61. The lowest BCUT2D eigenvalue weighted by Gasteiger charge is -2.14. The molecular weight excluding hydrogens is 454 g/mol. The SMILES string of the molecule is CCCc1nc(CSc2nnc3n(-c4cc(C)ccc4OC)c(=O)c4ccccc4n23)cs1. The molecule has 0 fully saturated rings. The first-order chi connectivity index (χ1) is 16.1. The number of fused-ring (bicyclic) bond motifs is 3. The Morgan fingerprint density at radius 2 is 2.00 bits per heavy atom. The van der Waals surface area contributed by atoms with E-state index in [0.717, 1.165) is 34.6 Å². The summed E-state index contributed by atoms with van der Waals surface area (Å²) >= 11 is 3.26. The van der Waals surface area contributed by atoms with Crippen LogP contribution in [0.3, 0.4) is 0 Å². The van der Waals surface area contributed by atoms with Gasteiger partial charge in [-0.15, -0.1) is 21.5 Å². The van der Waals surface area contributed by atoms with Crippen molar-refractivity contribution in [3.63, 3.8) is 0 Å². The minimum atomic E-state index is -0.158. The summed E-state index contributed by atoms with van der Waals surface area (Å²) in [6, 6.07) is 13.3. The van der Waals surface area contributed by atoms with Crippen LogP contribution in [-0.2, 0) is 12.2 Å². The van der Waals surface area contributed by atoms with Crippen LogP contribution in [0.15, 0.2) is 57.8 Å². The molecule has 2 aromatic carbocycles. The summed E-state index contributed by atoms with van der Waals surface area (Å²) in [7, 11) is 1.60. The molecule has 0 saturated heterocycles. The van der Waals surface area contributed by atoms with E-state index in [1.54, 1.807) is 34.8 Å². The van der Waals surface area contributed by atoms with Gasteiger partial charge in [0, 0.05) is 11.1 Å². The van der Waals surface area contributed by atoms with Gasteiger partial charge in [0.25, 0.3) is 5.56 Å². The fourth-order valence-electron chi connectivity index (χ4n) is 3.85. The smallest absolute Gasteiger partial charge is 0.267 e. The van der Waals surface area contributed by atoms with E-state index < -0.39 is 0 Å². The molecule has 9 heteroatoms. The van der Waals surface area contributed by atoms with Crippen LogP contribution in [-0.4, -0.2) is 31.3 Å². The zero-order valence-electron chi connectivity index (χ0n) is 18.6. The minimum Gasteiger partial charge on any atom is -0.495 e. The highest BCUT2D eigenvalue weighted by Crippen LogP contribution is 2.29. The Hall–Kier alpha value is -3.17. The number of thioether (sulfide) groups is 1. The van der Waals surface area contributed by atoms with Crippen molar-refractivity contribution in [2.75, 3.05) is 7.11 Å². The number of methoxy groups -OCH3 is 1. The van der Waals surface area contributed by atoms with E-state index in [0.29, 0.717) is 33.5 Å². The van der Waals surface area contributed by atoms with Gasteiger partial charge in [0.15, 0.2) is 5.16 Å². The fraction of sp³-hybridized carbons (Fsp3) is 0.250. The monoisotopic (exact) mass is 477 g/mol. The maximum atomic E-state index is 13.6. The van der Waals surface area contributed by atoms with Crippen LogP contribution in [0.5, 0.6) is 5.75 Å². The number of rotatable bonds is 7. The highest BCUT2D eigenvalue weighted by molar-refractivity contribution is 7.98. The molecule has 0 aliphatic rings. The van der Waals surface area contributed by atoms with Gasteiger partial charge in [-0.3, -0.25) is 9.20 Å². The Morgan fingerprint density at radius 1 is 1.15 bits per heavy atom. The summed E-state index contributed by atoms with van der Waals surface area (Å²) in [5.74, 6) is 1.74. The zero-order chi connectivity index (χ0) is 22.9. The van der Waals surface area contributed by atoms with Crippen molar-refractivity contribution in [3.05, 3.63) is 74.5 Å². The molecule has 0 atom stereocenters. The first-order valence-corrected chi connectivity index (χ1v) is 12.6. The number of aryl methyl sites for hydroxylation is 2. The number of benzene rings is 2. The summed E-state index contributed by atoms with van der Waals surface area (Å²) in [6.07, 6.45) is 2.08. The summed E-state index contributed by atoms with van der Waals surface area (Å²) in [4.78, 5) is 18.3. The van der Waals surface area contributed by atoms with E-state index in [1.165, 1.54) is 0 Å². The molecule has 0 radical (unpaired) electrons. The highest BCUT2D eigenvalue weighted by atomic mass is 32.2. The van der Waals surface area contributed by atoms with Crippen LogP contribution in [0.2, 0.25) is 0 Å². The zero-order valence-corrected chi connectivity index (χ0v) is 20.2. The number of nitrogens with zero attached hydrogens (tertiary/aromatic N) is 5. The molecule has 0 unspecified atom stereocenters. The van der Waals surface area contributed by atoms with Gasteiger partial charge >= 0.3 is 0 Å². The fourth-order valence-corrected chi connectivity index (χ4v) is 5.68. The molecule has 5 aromatic rings. The van der Waals surface area contributed by atoms with Crippen LogP contribution in [0, 0.1) is 6.92 Å². The number of thiazole rings is 1. The van der Waals surface area contributed by atoms with Gasteiger partial charge < -0.3 is 4.74 Å². The Labute approximate surface area is 199 Å². The van der Waals surface area contributed by atoms with Crippen LogP contribution >= 0.6 is 23.1 Å². The van der Waals surface area contributed by atoms with Gasteiger partial charge in [-0.2, -0.15) is 0 Å². The van der Waals surface area contributed by atoms with Crippen molar-refractivity contribution in [1.29, 1.82) is 0 Å². The molecule has 0 aliphatic carbocycles. The van der Waals surface area contributed by atoms with Gasteiger partial charge in [-0.25, -0.2) is 9.55 Å². The minimum absolute atomic E-state index is 0.158. The molecule has 0 amide bonds. The Balaban J connectivity index is 1.68. The summed E-state index contributed by atoms with van der Waals surface area (Å²) in [5, 5.41) is 13.5. The van der Waals surface area contributed by atoms with Crippen molar-refractivity contribution in [3.8, 4) is 11.4 Å². The van der Waals surface area contributed by atoms with Gasteiger partial charge in [0.05, 0.1) is 34.4 Å². The lowest BCUT2D eigenvalue weighted by molar-refractivity contribution is 0.412. The largest absolute Gasteiger partial charge is 0.495 e. The van der Waals surface area contributed by atoms with Crippen molar-refractivity contribution >= 4 is 39.8 Å². The van der Waals surface area contributed by atoms with Crippen LogP contribution in [0.1, 0.15) is 29.6 Å². The normalized spacial score (nSPS) is 11.5. The number of para-hydroxylation sites is 1. The Bertz CT molecular complexity index is 1520. The van der Waals surface area contributed by atoms with E-state index in [2.05, 4.69) is 22.5 Å². The Kier molecular flexibility index (Phi) is 5.90. The third-order valence-electron chi connectivity index (χ3n) is 5.38. The van der Waals surface area contributed by atoms with Gasteiger partial charge in [-0.05, 0) is 49.6 Å². The molecule has 3 aromatic heterocycles. The molecule has 0 bridgehead atoms. The lowest BCUT2D eigenvalue weighted by Crippen LogP contribution is -2.22. The van der Waals surface area contributed by atoms with Gasteiger partial charge in [0.2, 0.25) is 5.78 Å². The number of aromatic nitrogens is 5. The summed E-state index contributed by atoms with van der Waals surface area (Å²) < 4.78 is 9.11. The second-order valence-electron chi connectivity index (χ2n) is 7.72. The van der Waals surface area contributed by atoms with Gasteiger partial charge in [-0.1, -0.05) is 36.9 Å².